The van der Waals surface area contributed by atoms with E-state index in [0.717, 1.165) is 17.3 Å². The lowest BCUT2D eigenvalue weighted by Gasteiger charge is -2.27. The zero-order chi connectivity index (χ0) is 19.2. The molecule has 0 heterocycles. The maximum atomic E-state index is 6.03. The summed E-state index contributed by atoms with van der Waals surface area (Å²) in [6, 6.07) is 24.6. The van der Waals surface area contributed by atoms with Crippen molar-refractivity contribution in [3.8, 4) is 0 Å². The van der Waals surface area contributed by atoms with Gasteiger partial charge in [0.1, 0.15) is 0 Å². The van der Waals surface area contributed by atoms with Gasteiger partial charge in [0, 0.05) is 23.8 Å². The molecule has 0 unspecified atom stereocenters. The zero-order valence-corrected chi connectivity index (χ0v) is 17.1. The van der Waals surface area contributed by atoms with Crippen LogP contribution in [0.15, 0.2) is 72.8 Å². The fraction of sp³-hybridized carbons (Fsp3) is 0.174. The van der Waals surface area contributed by atoms with Crippen molar-refractivity contribution in [3.63, 3.8) is 0 Å². The number of hydrogen-bond acceptors (Lipinski definition) is 1. The van der Waals surface area contributed by atoms with Crippen molar-refractivity contribution in [2.24, 2.45) is 0 Å². The second kappa shape index (κ2) is 9.03. The number of halogens is 1. The van der Waals surface area contributed by atoms with Crippen LogP contribution in [-0.4, -0.2) is 10.0 Å². The smallest absolute Gasteiger partial charge is 0.174 e. The number of nitrogens with one attached hydrogen (secondary N) is 1. The Morgan fingerprint density at radius 3 is 2.15 bits per heavy atom. The molecule has 0 saturated carbocycles. The van der Waals surface area contributed by atoms with Crippen molar-refractivity contribution in [1.29, 1.82) is 0 Å². The van der Waals surface area contributed by atoms with Gasteiger partial charge in [0.2, 0.25) is 0 Å². The van der Waals surface area contributed by atoms with E-state index in [4.69, 9.17) is 23.8 Å². The largest absolute Gasteiger partial charge is 0.340 e. The molecule has 1 N–H and O–H groups in total. The zero-order valence-electron chi connectivity index (χ0n) is 15.6. The predicted molar refractivity (Wildman–Crippen MR) is 119 cm³/mol. The first-order valence-corrected chi connectivity index (χ1v) is 9.71. The molecule has 0 aliphatic carbocycles. The number of nitrogens with zero attached hydrogens (tertiary/aromatic N) is 1. The Labute approximate surface area is 171 Å². The summed E-state index contributed by atoms with van der Waals surface area (Å²) in [5.74, 6) is 0. The Kier molecular flexibility index (Phi) is 6.49. The Hall–Kier alpha value is -2.36. The fourth-order valence-corrected chi connectivity index (χ4v) is 3.33. The van der Waals surface area contributed by atoms with E-state index in [9.17, 15) is 0 Å². The molecular weight excluding hydrogens is 372 g/mol. The third kappa shape index (κ3) is 5.56. The fourth-order valence-electron chi connectivity index (χ4n) is 2.96. The van der Waals surface area contributed by atoms with Gasteiger partial charge >= 0.3 is 0 Å². The molecule has 0 amide bonds. The molecule has 4 heteroatoms. The van der Waals surface area contributed by atoms with Crippen molar-refractivity contribution >= 4 is 34.6 Å². The maximum absolute atomic E-state index is 6.03. The van der Waals surface area contributed by atoms with Crippen LogP contribution in [0.1, 0.15) is 22.3 Å². The van der Waals surface area contributed by atoms with Crippen LogP contribution in [0.3, 0.4) is 0 Å². The number of anilines is 1. The second-order valence-corrected chi connectivity index (χ2v) is 7.54. The second-order valence-electron chi connectivity index (χ2n) is 6.72. The van der Waals surface area contributed by atoms with Crippen LogP contribution in [0.5, 0.6) is 0 Å². The van der Waals surface area contributed by atoms with E-state index in [-0.39, 0.29) is 0 Å². The summed E-state index contributed by atoms with van der Waals surface area (Å²) in [5, 5.41) is 4.87. The van der Waals surface area contributed by atoms with Crippen LogP contribution in [0.4, 0.5) is 5.69 Å². The molecule has 0 aromatic heterocycles. The van der Waals surface area contributed by atoms with Crippen LogP contribution in [-0.2, 0) is 13.1 Å². The predicted octanol–water partition coefficient (Wildman–Crippen LogP) is 6.36. The molecule has 0 saturated heterocycles. The van der Waals surface area contributed by atoms with Crippen LogP contribution < -0.4 is 5.32 Å². The molecule has 138 valence electrons. The van der Waals surface area contributed by atoms with Crippen molar-refractivity contribution in [1.82, 2.24) is 4.90 Å². The number of hydrogen-bond donors (Lipinski definition) is 1. The highest BCUT2D eigenvalue weighted by atomic mass is 35.5. The van der Waals surface area contributed by atoms with Gasteiger partial charge in [-0.25, -0.2) is 0 Å². The molecule has 0 atom stereocenters. The first kappa shape index (κ1) is 19.4. The third-order valence-electron chi connectivity index (χ3n) is 4.41. The van der Waals surface area contributed by atoms with Gasteiger partial charge in [-0.2, -0.15) is 0 Å². The van der Waals surface area contributed by atoms with Gasteiger partial charge in [-0.05, 0) is 61.0 Å². The van der Waals surface area contributed by atoms with E-state index in [1.807, 2.05) is 30.3 Å². The van der Waals surface area contributed by atoms with E-state index < -0.39 is 0 Å². The summed E-state index contributed by atoms with van der Waals surface area (Å²) in [7, 11) is 0. The van der Waals surface area contributed by atoms with E-state index in [1.165, 1.54) is 22.3 Å². The van der Waals surface area contributed by atoms with Gasteiger partial charge < -0.3 is 10.2 Å². The first-order chi connectivity index (χ1) is 13.0. The number of thiocarbonyl (C=S) groups is 1. The Bertz CT molecular complexity index is 907. The highest BCUT2D eigenvalue weighted by Crippen LogP contribution is 2.19. The highest BCUT2D eigenvalue weighted by Gasteiger charge is 2.13. The lowest BCUT2D eigenvalue weighted by Crippen LogP contribution is -2.34. The Balaban J connectivity index is 1.81. The van der Waals surface area contributed by atoms with Gasteiger partial charge in [-0.1, -0.05) is 71.8 Å². The van der Waals surface area contributed by atoms with Gasteiger partial charge in [-0.15, -0.1) is 0 Å². The van der Waals surface area contributed by atoms with E-state index >= 15 is 0 Å². The van der Waals surface area contributed by atoms with E-state index in [1.54, 1.807) is 0 Å². The summed E-state index contributed by atoms with van der Waals surface area (Å²) in [6.45, 7) is 5.64. The number of benzene rings is 3. The lowest BCUT2D eigenvalue weighted by molar-refractivity contribution is 0.413. The van der Waals surface area contributed by atoms with Crippen molar-refractivity contribution in [2.45, 2.75) is 26.9 Å². The van der Waals surface area contributed by atoms with Crippen molar-refractivity contribution < 1.29 is 0 Å². The van der Waals surface area contributed by atoms with Crippen LogP contribution in [0, 0.1) is 13.8 Å². The summed E-state index contributed by atoms with van der Waals surface area (Å²) in [4.78, 5) is 2.17. The first-order valence-electron chi connectivity index (χ1n) is 8.93. The minimum Gasteiger partial charge on any atom is -0.340 e. The molecule has 0 bridgehead atoms. The van der Waals surface area contributed by atoms with Gasteiger partial charge in [0.25, 0.3) is 0 Å². The summed E-state index contributed by atoms with van der Waals surface area (Å²) < 4.78 is 0. The molecule has 0 fully saturated rings. The molecule has 27 heavy (non-hydrogen) atoms. The highest BCUT2D eigenvalue weighted by molar-refractivity contribution is 7.80. The summed E-state index contributed by atoms with van der Waals surface area (Å²) in [5.41, 5.74) is 5.85. The van der Waals surface area contributed by atoms with Gasteiger partial charge in [0.05, 0.1) is 0 Å². The molecule has 0 aliphatic heterocycles. The standard InChI is InChI=1S/C23H23ClN2S/c1-17-8-13-22(18(2)14-17)25-23(27)26(15-19-6-4-3-5-7-19)16-20-9-11-21(24)12-10-20/h3-14H,15-16H2,1-2H3,(H,25,27). The van der Waals surface area contributed by atoms with Crippen molar-refractivity contribution in [2.75, 3.05) is 5.32 Å². The topological polar surface area (TPSA) is 15.3 Å². The summed E-state index contributed by atoms with van der Waals surface area (Å²) in [6.07, 6.45) is 0. The molecule has 2 nitrogen and oxygen atoms in total. The molecule has 3 rings (SSSR count). The molecule has 3 aromatic carbocycles. The molecule has 0 aliphatic rings. The minimum absolute atomic E-state index is 0.709. The molecule has 0 spiro atoms. The molecule has 3 aromatic rings. The third-order valence-corrected chi connectivity index (χ3v) is 5.03. The SMILES string of the molecule is Cc1ccc(NC(=S)N(Cc2ccccc2)Cc2ccc(Cl)cc2)c(C)c1. The number of aryl methyl sites for hydroxylation is 2. The summed E-state index contributed by atoms with van der Waals surface area (Å²) >= 11 is 11.8. The molecule has 0 radical (unpaired) electrons. The van der Waals surface area contributed by atoms with Gasteiger partial charge in [-0.3, -0.25) is 0 Å². The van der Waals surface area contributed by atoms with Crippen LogP contribution >= 0.6 is 23.8 Å². The maximum Gasteiger partial charge on any atom is 0.174 e. The Morgan fingerprint density at radius 2 is 1.52 bits per heavy atom. The van der Waals surface area contributed by atoms with Crippen LogP contribution in [0.2, 0.25) is 5.02 Å². The number of rotatable bonds is 5. The van der Waals surface area contributed by atoms with Crippen molar-refractivity contribution in [3.05, 3.63) is 100 Å². The lowest BCUT2D eigenvalue weighted by atomic mass is 10.1. The Morgan fingerprint density at radius 1 is 0.889 bits per heavy atom. The monoisotopic (exact) mass is 394 g/mol. The van der Waals surface area contributed by atoms with Crippen LogP contribution in [0.25, 0.3) is 0 Å². The average molecular weight is 395 g/mol. The van der Waals surface area contributed by atoms with E-state index in [2.05, 4.69) is 66.5 Å². The quantitative estimate of drug-likeness (QED) is 0.507. The average Bonchev–Trinajstić information content (AvgIpc) is 2.66. The minimum atomic E-state index is 0.709. The molecular formula is C23H23ClN2S. The normalized spacial score (nSPS) is 10.5. The van der Waals surface area contributed by atoms with Gasteiger partial charge in [0.15, 0.2) is 5.11 Å². The van der Waals surface area contributed by atoms with E-state index in [0.29, 0.717) is 11.7 Å².